The van der Waals surface area contributed by atoms with Gasteiger partial charge >= 0.3 is 5.97 Å². The zero-order valence-corrected chi connectivity index (χ0v) is 10.9. The van der Waals surface area contributed by atoms with Crippen molar-refractivity contribution < 1.29 is 9.90 Å². The van der Waals surface area contributed by atoms with Crippen molar-refractivity contribution in [3.63, 3.8) is 0 Å². The lowest BCUT2D eigenvalue weighted by Gasteiger charge is -2.29. The second-order valence-electron chi connectivity index (χ2n) is 5.18. The van der Waals surface area contributed by atoms with Crippen LogP contribution in [0.5, 0.6) is 0 Å². The molecule has 2 heterocycles. The number of hydrogen-bond acceptors (Lipinski definition) is 3. The van der Waals surface area contributed by atoms with Gasteiger partial charge in [-0.3, -0.25) is 4.79 Å². The highest BCUT2D eigenvalue weighted by Gasteiger charge is 2.25. The van der Waals surface area contributed by atoms with Gasteiger partial charge in [-0.25, -0.2) is 4.98 Å². The van der Waals surface area contributed by atoms with E-state index in [4.69, 9.17) is 5.11 Å². The van der Waals surface area contributed by atoms with Crippen LogP contribution in [0.15, 0.2) is 18.2 Å². The van der Waals surface area contributed by atoms with Crippen molar-refractivity contribution in [3.8, 4) is 0 Å². The Bertz CT molecular complexity index is 612. The molecule has 1 aromatic heterocycles. The van der Waals surface area contributed by atoms with Crippen LogP contribution in [-0.4, -0.2) is 34.1 Å². The summed E-state index contributed by atoms with van der Waals surface area (Å²) in [4.78, 5) is 21.0. The molecule has 0 bridgehead atoms. The minimum atomic E-state index is -0.681. The molecule has 100 valence electrons. The zero-order valence-electron chi connectivity index (χ0n) is 10.9. The molecule has 3 rings (SSSR count). The molecule has 2 aromatic rings. The molecule has 1 fully saturated rings. The van der Waals surface area contributed by atoms with Gasteiger partial charge in [-0.05, 0) is 37.5 Å². The van der Waals surface area contributed by atoms with Gasteiger partial charge in [-0.2, -0.15) is 0 Å². The van der Waals surface area contributed by atoms with Gasteiger partial charge in [0.2, 0.25) is 5.95 Å². The fourth-order valence-corrected chi connectivity index (χ4v) is 2.60. The van der Waals surface area contributed by atoms with Crippen LogP contribution in [0.4, 0.5) is 5.95 Å². The van der Waals surface area contributed by atoms with E-state index >= 15 is 0 Å². The number of H-pyrrole nitrogens is 1. The van der Waals surface area contributed by atoms with Crippen molar-refractivity contribution in [1.82, 2.24) is 9.97 Å². The van der Waals surface area contributed by atoms with Crippen molar-refractivity contribution in [3.05, 3.63) is 23.8 Å². The van der Waals surface area contributed by atoms with Gasteiger partial charge < -0.3 is 15.0 Å². The van der Waals surface area contributed by atoms with Gasteiger partial charge in [0.25, 0.3) is 0 Å². The molecule has 0 amide bonds. The number of fused-ring (bicyclic) bond motifs is 1. The normalized spacial score (nSPS) is 17.0. The monoisotopic (exact) mass is 259 g/mol. The number of nitrogens with zero attached hydrogens (tertiary/aromatic N) is 2. The van der Waals surface area contributed by atoms with Gasteiger partial charge in [0, 0.05) is 13.1 Å². The number of carboxylic acid groups (broad SMARTS) is 1. The van der Waals surface area contributed by atoms with Crippen molar-refractivity contribution in [2.45, 2.75) is 19.8 Å². The van der Waals surface area contributed by atoms with Crippen LogP contribution < -0.4 is 4.90 Å². The number of aryl methyl sites for hydroxylation is 1. The maximum Gasteiger partial charge on any atom is 0.306 e. The first-order valence-electron chi connectivity index (χ1n) is 6.57. The third kappa shape index (κ3) is 2.28. The summed E-state index contributed by atoms with van der Waals surface area (Å²) < 4.78 is 0. The highest BCUT2D eigenvalue weighted by Crippen LogP contribution is 2.24. The number of rotatable bonds is 2. The summed E-state index contributed by atoms with van der Waals surface area (Å²) in [5, 5.41) is 9.00. The number of imidazole rings is 1. The summed E-state index contributed by atoms with van der Waals surface area (Å²) in [6.45, 7) is 3.55. The first-order chi connectivity index (χ1) is 9.13. The van der Waals surface area contributed by atoms with Crippen LogP contribution in [0.1, 0.15) is 18.4 Å². The Balaban J connectivity index is 1.80. The predicted molar refractivity (Wildman–Crippen MR) is 73.4 cm³/mol. The van der Waals surface area contributed by atoms with Gasteiger partial charge in [0.1, 0.15) is 0 Å². The summed E-state index contributed by atoms with van der Waals surface area (Å²) in [7, 11) is 0. The van der Waals surface area contributed by atoms with Gasteiger partial charge in [0.15, 0.2) is 0 Å². The predicted octanol–water partition coefficient (Wildman–Crippen LogP) is 2.17. The molecule has 1 saturated heterocycles. The molecule has 0 unspecified atom stereocenters. The van der Waals surface area contributed by atoms with E-state index in [0.717, 1.165) is 30.1 Å². The number of aromatic nitrogens is 2. The van der Waals surface area contributed by atoms with E-state index in [1.54, 1.807) is 0 Å². The summed E-state index contributed by atoms with van der Waals surface area (Å²) in [6, 6.07) is 6.13. The third-order valence-corrected chi connectivity index (χ3v) is 3.77. The van der Waals surface area contributed by atoms with Crippen LogP contribution in [0.25, 0.3) is 11.0 Å². The van der Waals surface area contributed by atoms with Crippen molar-refractivity contribution in [2.24, 2.45) is 5.92 Å². The average molecular weight is 259 g/mol. The van der Waals surface area contributed by atoms with Crippen LogP contribution in [0, 0.1) is 12.8 Å². The molecular formula is C14H17N3O2. The molecular weight excluding hydrogens is 242 g/mol. The second kappa shape index (κ2) is 4.57. The Morgan fingerprint density at radius 3 is 2.84 bits per heavy atom. The van der Waals surface area contributed by atoms with Crippen LogP contribution in [0.2, 0.25) is 0 Å². The van der Waals surface area contributed by atoms with Crippen LogP contribution >= 0.6 is 0 Å². The molecule has 0 radical (unpaired) electrons. The molecule has 0 saturated carbocycles. The number of hydrogen-bond donors (Lipinski definition) is 2. The first-order valence-corrected chi connectivity index (χ1v) is 6.57. The molecule has 0 aliphatic carbocycles. The Hall–Kier alpha value is -2.04. The van der Waals surface area contributed by atoms with E-state index in [0.29, 0.717) is 12.8 Å². The Morgan fingerprint density at radius 1 is 1.42 bits per heavy atom. The lowest BCUT2D eigenvalue weighted by molar-refractivity contribution is -0.142. The standard InChI is InChI=1S/C14H17N3O2/c1-9-2-3-11-12(8-9)16-14(15-11)17-6-4-10(5-7-17)13(18)19/h2-3,8,10H,4-7H2,1H3,(H,15,16)(H,18,19). The Kier molecular flexibility index (Phi) is 2.89. The highest BCUT2D eigenvalue weighted by molar-refractivity contribution is 5.78. The molecule has 1 aromatic carbocycles. The lowest BCUT2D eigenvalue weighted by atomic mass is 9.97. The molecule has 1 aliphatic rings. The molecule has 0 atom stereocenters. The quantitative estimate of drug-likeness (QED) is 0.867. The minimum absolute atomic E-state index is 0.206. The molecule has 1 aliphatic heterocycles. The number of aliphatic carboxylic acids is 1. The third-order valence-electron chi connectivity index (χ3n) is 3.77. The number of aromatic amines is 1. The highest BCUT2D eigenvalue weighted by atomic mass is 16.4. The molecule has 5 nitrogen and oxygen atoms in total. The lowest BCUT2D eigenvalue weighted by Crippen LogP contribution is -2.36. The summed E-state index contributed by atoms with van der Waals surface area (Å²) >= 11 is 0. The van der Waals surface area contributed by atoms with E-state index in [1.165, 1.54) is 5.56 Å². The van der Waals surface area contributed by atoms with E-state index < -0.39 is 5.97 Å². The van der Waals surface area contributed by atoms with Crippen molar-refractivity contribution in [2.75, 3.05) is 18.0 Å². The van der Waals surface area contributed by atoms with E-state index in [1.807, 2.05) is 12.1 Å². The summed E-state index contributed by atoms with van der Waals surface area (Å²) in [6.07, 6.45) is 1.37. The molecule has 19 heavy (non-hydrogen) atoms. The fraction of sp³-hybridized carbons (Fsp3) is 0.429. The van der Waals surface area contributed by atoms with Crippen molar-refractivity contribution in [1.29, 1.82) is 0 Å². The van der Waals surface area contributed by atoms with Gasteiger partial charge in [-0.1, -0.05) is 6.07 Å². The summed E-state index contributed by atoms with van der Waals surface area (Å²) in [5.41, 5.74) is 3.20. The van der Waals surface area contributed by atoms with Crippen molar-refractivity contribution >= 4 is 23.0 Å². The van der Waals surface area contributed by atoms with Gasteiger partial charge in [0.05, 0.1) is 17.0 Å². The van der Waals surface area contributed by atoms with Crippen LogP contribution in [-0.2, 0) is 4.79 Å². The molecule has 2 N–H and O–H groups in total. The second-order valence-corrected chi connectivity index (χ2v) is 5.18. The average Bonchev–Trinajstić information content (AvgIpc) is 2.81. The Labute approximate surface area is 111 Å². The molecule has 5 heteroatoms. The number of anilines is 1. The molecule has 0 spiro atoms. The van der Waals surface area contributed by atoms with E-state index in [9.17, 15) is 4.79 Å². The maximum atomic E-state index is 10.9. The number of benzene rings is 1. The number of nitrogens with one attached hydrogen (secondary N) is 1. The summed E-state index contributed by atoms with van der Waals surface area (Å²) in [5.74, 6) is -0.0350. The van der Waals surface area contributed by atoms with Crippen LogP contribution in [0.3, 0.4) is 0 Å². The maximum absolute atomic E-state index is 10.9. The van der Waals surface area contributed by atoms with E-state index in [2.05, 4.69) is 27.9 Å². The SMILES string of the molecule is Cc1ccc2nc(N3CCC(C(=O)O)CC3)[nH]c2c1. The number of carbonyl (C=O) groups is 1. The zero-order chi connectivity index (χ0) is 13.4. The topological polar surface area (TPSA) is 69.2 Å². The van der Waals surface area contributed by atoms with E-state index in [-0.39, 0.29) is 5.92 Å². The number of carboxylic acids is 1. The van der Waals surface area contributed by atoms with Gasteiger partial charge in [-0.15, -0.1) is 0 Å². The minimum Gasteiger partial charge on any atom is -0.481 e. The fourth-order valence-electron chi connectivity index (χ4n) is 2.60. The smallest absolute Gasteiger partial charge is 0.306 e. The largest absolute Gasteiger partial charge is 0.481 e. The number of piperidine rings is 1. The first kappa shape index (κ1) is 12.0. The Morgan fingerprint density at radius 2 is 2.16 bits per heavy atom.